The van der Waals surface area contributed by atoms with Gasteiger partial charge in [-0.3, -0.25) is 0 Å². The summed E-state index contributed by atoms with van der Waals surface area (Å²) in [5, 5.41) is 2.41. The molecular weight excluding hydrogens is 338 g/mol. The number of alkyl carbamates (subject to hydrolysis) is 1. The smallest absolute Gasteiger partial charge is 0.445 e. The first-order valence-electron chi connectivity index (χ1n) is 8.00. The van der Waals surface area contributed by atoms with E-state index in [0.29, 0.717) is 5.56 Å². The summed E-state index contributed by atoms with van der Waals surface area (Å²) in [5.74, 6) is -0.966. The minimum Gasteiger partial charge on any atom is -0.445 e. The Morgan fingerprint density at radius 1 is 0.923 bits per heavy atom. The van der Waals surface area contributed by atoms with E-state index in [0.717, 1.165) is 5.56 Å². The van der Waals surface area contributed by atoms with E-state index in [-0.39, 0.29) is 13.2 Å². The molecule has 1 N–H and O–H groups in total. The first-order valence-corrected chi connectivity index (χ1v) is 8.00. The van der Waals surface area contributed by atoms with Gasteiger partial charge in [0.2, 0.25) is 0 Å². The zero-order valence-electron chi connectivity index (χ0n) is 14.2. The Morgan fingerprint density at radius 2 is 1.54 bits per heavy atom. The Morgan fingerprint density at radius 3 is 2.15 bits per heavy atom. The molecule has 0 aliphatic rings. The monoisotopic (exact) mass is 357 g/mol. The third-order valence-corrected chi connectivity index (χ3v) is 3.29. The number of ether oxygens (including phenoxy) is 3. The van der Waals surface area contributed by atoms with Crippen LogP contribution < -0.4 is 5.32 Å². The molecule has 0 aromatic heterocycles. The summed E-state index contributed by atoms with van der Waals surface area (Å²) in [4.78, 5) is 35.7. The van der Waals surface area contributed by atoms with Crippen LogP contribution in [0.4, 0.5) is 9.59 Å². The molecule has 0 heterocycles. The van der Waals surface area contributed by atoms with Crippen molar-refractivity contribution < 1.29 is 28.6 Å². The van der Waals surface area contributed by atoms with Crippen molar-refractivity contribution in [1.82, 2.24) is 5.32 Å². The molecule has 1 atom stereocenters. The van der Waals surface area contributed by atoms with Crippen LogP contribution in [0.25, 0.3) is 0 Å². The van der Waals surface area contributed by atoms with E-state index in [4.69, 9.17) is 4.74 Å². The number of hydrogen-bond donors (Lipinski definition) is 1. The molecule has 1 amide bonds. The first kappa shape index (κ1) is 19.0. The van der Waals surface area contributed by atoms with Gasteiger partial charge < -0.3 is 19.5 Å². The van der Waals surface area contributed by atoms with Crippen LogP contribution in [0.5, 0.6) is 0 Å². The van der Waals surface area contributed by atoms with E-state index in [9.17, 15) is 14.4 Å². The molecule has 0 radical (unpaired) electrons. The van der Waals surface area contributed by atoms with Crippen molar-refractivity contribution in [1.29, 1.82) is 0 Å². The summed E-state index contributed by atoms with van der Waals surface area (Å²) < 4.78 is 14.3. The highest BCUT2D eigenvalue weighted by atomic mass is 16.7. The molecule has 0 aliphatic carbocycles. The van der Waals surface area contributed by atoms with Crippen molar-refractivity contribution in [2.45, 2.75) is 19.6 Å². The molecular formula is C19H19NO6. The maximum Gasteiger partial charge on any atom is 0.516 e. The largest absolute Gasteiger partial charge is 0.516 e. The Kier molecular flexibility index (Phi) is 7.17. The van der Waals surface area contributed by atoms with E-state index in [1.54, 1.807) is 49.4 Å². The van der Waals surface area contributed by atoms with Crippen molar-refractivity contribution in [3.05, 3.63) is 71.8 Å². The Hall–Kier alpha value is -3.35. The lowest BCUT2D eigenvalue weighted by atomic mass is 10.1. The van der Waals surface area contributed by atoms with Crippen LogP contribution in [-0.2, 0) is 25.6 Å². The Balaban J connectivity index is 2.02. The SMILES string of the molecule is CCOC(=O)OC(=O)[C@H](NC(=O)OCc1ccccc1)c1ccccc1. The lowest BCUT2D eigenvalue weighted by molar-refractivity contribution is -0.142. The predicted molar refractivity (Wildman–Crippen MR) is 92.1 cm³/mol. The fraction of sp³-hybridized carbons (Fsp3) is 0.211. The van der Waals surface area contributed by atoms with Crippen molar-refractivity contribution in [2.24, 2.45) is 0 Å². The highest BCUT2D eigenvalue weighted by Gasteiger charge is 2.27. The lowest BCUT2D eigenvalue weighted by Gasteiger charge is -2.17. The van der Waals surface area contributed by atoms with Crippen LogP contribution in [0.15, 0.2) is 60.7 Å². The van der Waals surface area contributed by atoms with Gasteiger partial charge in [0.1, 0.15) is 6.61 Å². The van der Waals surface area contributed by atoms with Crippen LogP contribution in [0.3, 0.4) is 0 Å². The second kappa shape index (κ2) is 9.83. The van der Waals surface area contributed by atoms with Gasteiger partial charge in [-0.25, -0.2) is 14.4 Å². The van der Waals surface area contributed by atoms with Gasteiger partial charge in [-0.2, -0.15) is 0 Å². The lowest BCUT2D eigenvalue weighted by Crippen LogP contribution is -2.36. The van der Waals surface area contributed by atoms with Crippen molar-refractivity contribution >= 4 is 18.2 Å². The summed E-state index contributed by atoms with van der Waals surface area (Å²) in [6, 6.07) is 16.3. The number of benzene rings is 2. The van der Waals surface area contributed by atoms with Gasteiger partial charge in [-0.05, 0) is 18.1 Å². The van der Waals surface area contributed by atoms with Crippen molar-refractivity contribution in [3.63, 3.8) is 0 Å². The van der Waals surface area contributed by atoms with E-state index in [2.05, 4.69) is 14.8 Å². The number of amides is 1. The van der Waals surface area contributed by atoms with Crippen LogP contribution in [-0.4, -0.2) is 24.8 Å². The van der Waals surface area contributed by atoms with E-state index < -0.39 is 24.3 Å². The average Bonchev–Trinajstić information content (AvgIpc) is 2.66. The number of esters is 1. The molecule has 0 aliphatic heterocycles. The van der Waals surface area contributed by atoms with Crippen molar-refractivity contribution in [3.8, 4) is 0 Å². The molecule has 0 unspecified atom stereocenters. The third-order valence-electron chi connectivity index (χ3n) is 3.29. The maximum absolute atomic E-state index is 12.2. The first-order chi connectivity index (χ1) is 12.6. The van der Waals surface area contributed by atoms with Gasteiger partial charge in [0.25, 0.3) is 0 Å². The van der Waals surface area contributed by atoms with E-state index in [1.165, 1.54) is 0 Å². The van der Waals surface area contributed by atoms with Gasteiger partial charge in [0, 0.05) is 0 Å². The van der Waals surface area contributed by atoms with Gasteiger partial charge in [-0.15, -0.1) is 0 Å². The second-order valence-electron chi connectivity index (χ2n) is 5.15. The molecule has 0 fully saturated rings. The van der Waals surface area contributed by atoms with Crippen LogP contribution >= 0.6 is 0 Å². The number of carbonyl (C=O) groups is 3. The number of nitrogens with one attached hydrogen (secondary N) is 1. The fourth-order valence-corrected chi connectivity index (χ4v) is 2.09. The van der Waals surface area contributed by atoms with Gasteiger partial charge in [0.05, 0.1) is 6.61 Å². The van der Waals surface area contributed by atoms with E-state index in [1.807, 2.05) is 18.2 Å². The van der Waals surface area contributed by atoms with E-state index >= 15 is 0 Å². The molecule has 136 valence electrons. The summed E-state index contributed by atoms with van der Waals surface area (Å²) >= 11 is 0. The topological polar surface area (TPSA) is 90.9 Å². The molecule has 0 saturated carbocycles. The summed E-state index contributed by atoms with van der Waals surface area (Å²) in [7, 11) is 0. The molecule has 0 saturated heterocycles. The predicted octanol–water partition coefficient (Wildman–Crippen LogP) is 3.35. The quantitative estimate of drug-likeness (QED) is 0.630. The molecule has 2 aromatic rings. The number of carbonyl (C=O) groups excluding carboxylic acids is 3. The number of rotatable bonds is 6. The van der Waals surface area contributed by atoms with Crippen LogP contribution in [0, 0.1) is 0 Å². The minimum absolute atomic E-state index is 0.0428. The molecule has 26 heavy (non-hydrogen) atoms. The zero-order chi connectivity index (χ0) is 18.8. The third kappa shape index (κ3) is 5.94. The highest BCUT2D eigenvalue weighted by Crippen LogP contribution is 2.15. The van der Waals surface area contributed by atoms with Gasteiger partial charge in [-0.1, -0.05) is 60.7 Å². The highest BCUT2D eigenvalue weighted by molar-refractivity contribution is 5.89. The fourth-order valence-electron chi connectivity index (χ4n) is 2.09. The molecule has 7 nitrogen and oxygen atoms in total. The van der Waals surface area contributed by atoms with Gasteiger partial charge >= 0.3 is 18.2 Å². The standard InChI is InChI=1S/C19H19NO6/c1-2-24-19(23)26-17(21)16(15-11-7-4-8-12-15)20-18(22)25-13-14-9-5-3-6-10-14/h3-12,16H,2,13H2,1H3,(H,20,22)/t16-/m1/s1. The van der Waals surface area contributed by atoms with Gasteiger partial charge in [0.15, 0.2) is 6.04 Å². The maximum atomic E-state index is 12.2. The second-order valence-corrected chi connectivity index (χ2v) is 5.15. The molecule has 0 bridgehead atoms. The summed E-state index contributed by atoms with van der Waals surface area (Å²) in [6.45, 7) is 1.69. The molecule has 0 spiro atoms. The Bertz CT molecular complexity index is 732. The number of hydrogen-bond acceptors (Lipinski definition) is 6. The zero-order valence-corrected chi connectivity index (χ0v) is 14.2. The summed E-state index contributed by atoms with van der Waals surface area (Å²) in [5.41, 5.74) is 1.24. The Labute approximate surface area is 150 Å². The molecule has 7 heteroatoms. The molecule has 2 aromatic carbocycles. The van der Waals surface area contributed by atoms with Crippen molar-refractivity contribution in [2.75, 3.05) is 6.61 Å². The average molecular weight is 357 g/mol. The molecule has 2 rings (SSSR count). The normalized spacial score (nSPS) is 11.1. The van der Waals surface area contributed by atoms with Crippen LogP contribution in [0.1, 0.15) is 24.1 Å². The van der Waals surface area contributed by atoms with Crippen LogP contribution in [0.2, 0.25) is 0 Å². The summed E-state index contributed by atoms with van der Waals surface area (Å²) in [6.07, 6.45) is -1.94. The minimum atomic E-state index is -1.20.